The van der Waals surface area contributed by atoms with Gasteiger partial charge in [0.1, 0.15) is 5.82 Å². The van der Waals surface area contributed by atoms with Crippen molar-refractivity contribution in [2.75, 3.05) is 0 Å². The Morgan fingerprint density at radius 1 is 0.697 bits per heavy atom. The maximum Gasteiger partial charge on any atom is 0.137 e. The Morgan fingerprint density at radius 3 is 2.00 bits per heavy atom. The van der Waals surface area contributed by atoms with Crippen LogP contribution in [0.5, 0.6) is 0 Å². The molecule has 0 aliphatic heterocycles. The fraction of sp³-hybridized carbons (Fsp3) is 0.310. The van der Waals surface area contributed by atoms with Gasteiger partial charge in [0.2, 0.25) is 0 Å². The lowest BCUT2D eigenvalue weighted by Gasteiger charge is -2.54. The summed E-state index contributed by atoms with van der Waals surface area (Å²) < 4.78 is 0. The van der Waals surface area contributed by atoms with E-state index < -0.39 is 0 Å². The van der Waals surface area contributed by atoms with Gasteiger partial charge in [-0.05, 0) is 52.8 Å². The molecule has 4 aromatic rings. The van der Waals surface area contributed by atoms with Gasteiger partial charge in [0.25, 0.3) is 0 Å². The molecule has 0 saturated carbocycles. The maximum absolute atomic E-state index is 4.90. The van der Waals surface area contributed by atoms with Crippen LogP contribution in [0.25, 0.3) is 11.4 Å². The van der Waals surface area contributed by atoms with E-state index in [1.807, 2.05) is 18.5 Å². The van der Waals surface area contributed by atoms with E-state index in [1.165, 1.54) is 15.4 Å². The highest BCUT2D eigenvalue weighted by molar-refractivity contribution is 7.99. The molecule has 1 N–H and O–H groups in total. The number of hydrogen-bond donors (Lipinski definition) is 1. The largest absolute Gasteiger partial charge is 0.345 e. The van der Waals surface area contributed by atoms with Gasteiger partial charge in [0.05, 0.1) is 5.69 Å². The minimum atomic E-state index is -0.270. The predicted octanol–water partition coefficient (Wildman–Crippen LogP) is 8.00. The van der Waals surface area contributed by atoms with Gasteiger partial charge in [-0.2, -0.15) is 0 Å². The SMILES string of the molecule is CC(C)(C)C(c1cccc(Sc2cccc(-c3ncc[nH]3)c2)c1)(c1ccccn1)C(C)(C)C. The van der Waals surface area contributed by atoms with Crippen LogP contribution in [-0.4, -0.2) is 15.0 Å². The van der Waals surface area contributed by atoms with E-state index in [1.54, 1.807) is 18.0 Å². The number of nitrogens with zero attached hydrogens (tertiary/aromatic N) is 2. The molecule has 0 bridgehead atoms. The molecule has 0 unspecified atom stereocenters. The number of nitrogens with one attached hydrogen (secondary N) is 1. The molecule has 0 amide bonds. The molecule has 4 heteroatoms. The summed E-state index contributed by atoms with van der Waals surface area (Å²) in [7, 11) is 0. The van der Waals surface area contributed by atoms with Gasteiger partial charge in [-0.1, -0.05) is 83.6 Å². The molecule has 0 atom stereocenters. The minimum Gasteiger partial charge on any atom is -0.345 e. The number of hydrogen-bond acceptors (Lipinski definition) is 3. The summed E-state index contributed by atoms with van der Waals surface area (Å²) in [5.41, 5.74) is 3.13. The van der Waals surface area contributed by atoms with Crippen molar-refractivity contribution >= 4 is 11.8 Å². The van der Waals surface area contributed by atoms with Crippen molar-refractivity contribution in [1.29, 1.82) is 0 Å². The van der Waals surface area contributed by atoms with Crippen molar-refractivity contribution in [1.82, 2.24) is 15.0 Å². The van der Waals surface area contributed by atoms with Crippen LogP contribution in [0, 0.1) is 10.8 Å². The zero-order valence-corrected chi connectivity index (χ0v) is 21.2. The lowest BCUT2D eigenvalue weighted by molar-refractivity contribution is 0.0863. The van der Waals surface area contributed by atoms with E-state index in [0.717, 1.165) is 17.1 Å². The highest BCUT2D eigenvalue weighted by atomic mass is 32.2. The van der Waals surface area contributed by atoms with Crippen molar-refractivity contribution in [3.05, 3.63) is 96.6 Å². The third-order valence-corrected chi connectivity index (χ3v) is 7.39. The zero-order chi connectivity index (χ0) is 23.7. The van der Waals surface area contributed by atoms with Crippen LogP contribution in [0.4, 0.5) is 0 Å². The van der Waals surface area contributed by atoms with Gasteiger partial charge < -0.3 is 4.98 Å². The molecule has 33 heavy (non-hydrogen) atoms. The van der Waals surface area contributed by atoms with Gasteiger partial charge in [0.15, 0.2) is 0 Å². The predicted molar refractivity (Wildman–Crippen MR) is 139 cm³/mol. The highest BCUT2D eigenvalue weighted by Gasteiger charge is 2.54. The summed E-state index contributed by atoms with van der Waals surface area (Å²) in [6.45, 7) is 14.0. The Balaban J connectivity index is 1.80. The van der Waals surface area contributed by atoms with Crippen LogP contribution in [0.2, 0.25) is 0 Å². The number of aromatic amines is 1. The second kappa shape index (κ2) is 8.83. The molecule has 0 aliphatic carbocycles. The van der Waals surface area contributed by atoms with Crippen molar-refractivity contribution in [3.8, 4) is 11.4 Å². The number of H-pyrrole nitrogens is 1. The van der Waals surface area contributed by atoms with E-state index in [2.05, 4.69) is 112 Å². The van der Waals surface area contributed by atoms with E-state index >= 15 is 0 Å². The lowest BCUT2D eigenvalue weighted by Crippen LogP contribution is -2.51. The third-order valence-electron chi connectivity index (χ3n) is 6.41. The second-order valence-electron chi connectivity index (χ2n) is 10.6. The third kappa shape index (κ3) is 4.37. The van der Waals surface area contributed by atoms with Crippen LogP contribution < -0.4 is 0 Å². The molecular formula is C29H33N3S. The average Bonchev–Trinajstić information content (AvgIpc) is 3.28. The first-order valence-electron chi connectivity index (χ1n) is 11.4. The Kier molecular flexibility index (Phi) is 6.24. The molecule has 2 aromatic carbocycles. The number of benzene rings is 2. The van der Waals surface area contributed by atoms with Gasteiger partial charge in [-0.25, -0.2) is 4.98 Å². The number of pyridine rings is 1. The summed E-state index contributed by atoms with van der Waals surface area (Å²) in [6, 6.07) is 23.8. The number of imidazole rings is 1. The topological polar surface area (TPSA) is 41.6 Å². The first-order chi connectivity index (χ1) is 15.6. The summed E-state index contributed by atoms with van der Waals surface area (Å²) in [5, 5.41) is 0. The molecule has 0 aliphatic rings. The van der Waals surface area contributed by atoms with Gasteiger partial charge >= 0.3 is 0 Å². The molecule has 2 heterocycles. The van der Waals surface area contributed by atoms with Gasteiger partial charge in [-0.3, -0.25) is 4.98 Å². The molecular weight excluding hydrogens is 422 g/mol. The standard InChI is InChI=1S/C29H33N3S/c1-27(2,3)29(28(4,5)6,25-15-7-8-16-30-25)22-12-10-14-24(20-22)33-23-13-9-11-21(19-23)26-31-17-18-32-26/h7-20H,1-6H3,(H,31,32). The molecule has 0 radical (unpaired) electrons. The van der Waals surface area contributed by atoms with Crippen LogP contribution in [0.3, 0.4) is 0 Å². The van der Waals surface area contributed by atoms with Crippen molar-refractivity contribution in [2.45, 2.75) is 56.7 Å². The van der Waals surface area contributed by atoms with Crippen molar-refractivity contribution in [3.63, 3.8) is 0 Å². The normalized spacial score (nSPS) is 12.7. The summed E-state index contributed by atoms with van der Waals surface area (Å²) in [5.74, 6) is 0.890. The Morgan fingerprint density at radius 2 is 1.39 bits per heavy atom. The van der Waals surface area contributed by atoms with Crippen LogP contribution >= 0.6 is 11.8 Å². The first kappa shape index (κ1) is 23.3. The first-order valence-corrected chi connectivity index (χ1v) is 12.2. The summed E-state index contributed by atoms with van der Waals surface area (Å²) in [6.07, 6.45) is 5.56. The minimum absolute atomic E-state index is 0.0535. The van der Waals surface area contributed by atoms with Gasteiger partial charge in [-0.15, -0.1) is 0 Å². The summed E-state index contributed by atoms with van der Waals surface area (Å²) >= 11 is 1.78. The van der Waals surface area contributed by atoms with Gasteiger partial charge in [0, 0.05) is 39.4 Å². The van der Waals surface area contributed by atoms with Crippen molar-refractivity contribution < 1.29 is 0 Å². The monoisotopic (exact) mass is 455 g/mol. The quantitative estimate of drug-likeness (QED) is 0.331. The van der Waals surface area contributed by atoms with Crippen LogP contribution in [0.1, 0.15) is 52.8 Å². The molecule has 2 aromatic heterocycles. The average molecular weight is 456 g/mol. The summed E-state index contributed by atoms with van der Waals surface area (Å²) in [4.78, 5) is 14.9. The van der Waals surface area contributed by atoms with E-state index in [9.17, 15) is 0 Å². The fourth-order valence-electron chi connectivity index (χ4n) is 5.55. The van der Waals surface area contributed by atoms with Crippen LogP contribution in [0.15, 0.2) is 95.1 Å². The van der Waals surface area contributed by atoms with Crippen LogP contribution in [-0.2, 0) is 5.41 Å². The van der Waals surface area contributed by atoms with E-state index in [-0.39, 0.29) is 16.2 Å². The van der Waals surface area contributed by atoms with E-state index in [0.29, 0.717) is 0 Å². The maximum atomic E-state index is 4.90. The fourth-order valence-corrected chi connectivity index (χ4v) is 6.49. The molecule has 4 rings (SSSR count). The second-order valence-corrected chi connectivity index (χ2v) is 11.7. The lowest BCUT2D eigenvalue weighted by atomic mass is 9.49. The molecule has 170 valence electrons. The zero-order valence-electron chi connectivity index (χ0n) is 20.4. The molecule has 0 saturated heterocycles. The Bertz CT molecular complexity index is 1190. The number of rotatable bonds is 5. The number of aromatic nitrogens is 3. The van der Waals surface area contributed by atoms with E-state index in [4.69, 9.17) is 4.98 Å². The Hall–Kier alpha value is -2.85. The highest BCUT2D eigenvalue weighted by Crippen LogP contribution is 2.57. The smallest absolute Gasteiger partial charge is 0.137 e. The molecule has 0 spiro atoms. The molecule has 0 fully saturated rings. The van der Waals surface area contributed by atoms with Crippen molar-refractivity contribution in [2.24, 2.45) is 10.8 Å². The Labute approximate surface area is 202 Å². The molecule has 3 nitrogen and oxygen atoms in total.